The first-order valence-corrected chi connectivity index (χ1v) is 3.99. The molecular weight excluding hydrogens is 152 g/mol. The number of hydrogen-bond acceptors (Lipinski definition) is 2. The fourth-order valence-electron chi connectivity index (χ4n) is 1.25. The van der Waals surface area contributed by atoms with Gasteiger partial charge in [-0.25, -0.2) is 0 Å². The molecule has 0 atom stereocenters. The van der Waals surface area contributed by atoms with Crippen LogP contribution in [0, 0.1) is 0 Å². The van der Waals surface area contributed by atoms with Crippen molar-refractivity contribution in [2.75, 3.05) is 5.73 Å². The zero-order chi connectivity index (χ0) is 9.30. The highest BCUT2D eigenvalue weighted by atomic mass is 16.1. The summed E-state index contributed by atoms with van der Waals surface area (Å²) < 4.78 is 1.60. The van der Waals surface area contributed by atoms with Gasteiger partial charge in [-0.1, -0.05) is 13.8 Å². The van der Waals surface area contributed by atoms with Crippen LogP contribution in [-0.4, -0.2) is 4.57 Å². The van der Waals surface area contributed by atoms with Crippen LogP contribution >= 0.6 is 0 Å². The highest BCUT2D eigenvalue weighted by Crippen LogP contribution is 2.11. The second-order valence-corrected chi connectivity index (χ2v) is 3.23. The molecule has 0 saturated heterocycles. The van der Waals surface area contributed by atoms with E-state index in [0.29, 0.717) is 11.6 Å². The molecule has 66 valence electrons. The molecule has 0 bridgehead atoms. The Balaban J connectivity index is 3.37. The molecule has 0 spiro atoms. The summed E-state index contributed by atoms with van der Waals surface area (Å²) in [4.78, 5) is 11.3. The Morgan fingerprint density at radius 2 is 2.00 bits per heavy atom. The van der Waals surface area contributed by atoms with Crippen LogP contribution in [-0.2, 0) is 7.05 Å². The molecule has 2 N–H and O–H groups in total. The van der Waals surface area contributed by atoms with Crippen LogP contribution in [0.15, 0.2) is 16.9 Å². The van der Waals surface area contributed by atoms with Crippen LogP contribution in [0.5, 0.6) is 0 Å². The minimum Gasteiger partial charge on any atom is -0.394 e. The van der Waals surface area contributed by atoms with Gasteiger partial charge in [-0.3, -0.25) is 4.79 Å². The molecule has 0 fully saturated rings. The topological polar surface area (TPSA) is 48.0 Å². The van der Waals surface area contributed by atoms with Gasteiger partial charge in [0.1, 0.15) is 0 Å². The summed E-state index contributed by atoms with van der Waals surface area (Å²) >= 11 is 0. The van der Waals surface area contributed by atoms with E-state index in [1.165, 1.54) is 0 Å². The van der Waals surface area contributed by atoms with Gasteiger partial charge in [-0.2, -0.15) is 0 Å². The number of nitrogens with two attached hydrogens (primary N) is 1. The minimum atomic E-state index is -0.110. The molecule has 1 aromatic heterocycles. The zero-order valence-electron chi connectivity index (χ0n) is 7.66. The van der Waals surface area contributed by atoms with Crippen molar-refractivity contribution < 1.29 is 0 Å². The minimum absolute atomic E-state index is 0.110. The molecular formula is C9H14N2O. The Hall–Kier alpha value is -1.25. The van der Waals surface area contributed by atoms with E-state index in [4.69, 9.17) is 5.73 Å². The van der Waals surface area contributed by atoms with Gasteiger partial charge in [0, 0.05) is 12.7 Å². The molecule has 0 radical (unpaired) electrons. The van der Waals surface area contributed by atoms with Crippen molar-refractivity contribution in [3.8, 4) is 0 Å². The third-order valence-corrected chi connectivity index (χ3v) is 1.96. The lowest BCUT2D eigenvalue weighted by molar-refractivity contribution is 0.709. The van der Waals surface area contributed by atoms with Gasteiger partial charge in [0.05, 0.1) is 5.69 Å². The molecule has 1 rings (SSSR count). The smallest absolute Gasteiger partial charge is 0.273 e. The van der Waals surface area contributed by atoms with Gasteiger partial charge in [-0.05, 0) is 18.1 Å². The summed E-state index contributed by atoms with van der Waals surface area (Å²) in [6.07, 6.45) is 0. The average molecular weight is 166 g/mol. The van der Waals surface area contributed by atoms with Gasteiger partial charge in [0.25, 0.3) is 5.56 Å². The first-order valence-electron chi connectivity index (χ1n) is 3.99. The number of anilines is 1. The highest BCUT2D eigenvalue weighted by molar-refractivity contribution is 5.36. The number of rotatable bonds is 1. The third kappa shape index (κ3) is 1.35. The van der Waals surface area contributed by atoms with E-state index in [1.807, 2.05) is 19.9 Å². The monoisotopic (exact) mass is 166 g/mol. The molecule has 3 nitrogen and oxygen atoms in total. The van der Waals surface area contributed by atoms with Crippen molar-refractivity contribution in [3.63, 3.8) is 0 Å². The van der Waals surface area contributed by atoms with Crippen LogP contribution in [0.2, 0.25) is 0 Å². The van der Waals surface area contributed by atoms with Crippen molar-refractivity contribution >= 4 is 5.69 Å². The maximum Gasteiger partial charge on any atom is 0.273 e. The number of aromatic nitrogens is 1. The predicted molar refractivity (Wildman–Crippen MR) is 50.2 cm³/mol. The summed E-state index contributed by atoms with van der Waals surface area (Å²) in [5, 5.41) is 0. The van der Waals surface area contributed by atoms with Crippen molar-refractivity contribution in [1.29, 1.82) is 0 Å². The summed E-state index contributed by atoms with van der Waals surface area (Å²) in [5.74, 6) is 0.350. The van der Waals surface area contributed by atoms with Gasteiger partial charge in [0.2, 0.25) is 0 Å². The van der Waals surface area contributed by atoms with Crippen molar-refractivity contribution in [2.24, 2.45) is 7.05 Å². The fourth-order valence-corrected chi connectivity index (χ4v) is 1.25. The highest BCUT2D eigenvalue weighted by Gasteiger charge is 2.05. The molecule has 12 heavy (non-hydrogen) atoms. The number of pyridine rings is 1. The SMILES string of the molecule is CC(C)c1ccc(N)c(=O)n1C. The van der Waals surface area contributed by atoms with Crippen LogP contribution in [0.25, 0.3) is 0 Å². The van der Waals surface area contributed by atoms with Gasteiger partial charge in [-0.15, -0.1) is 0 Å². The summed E-state index contributed by atoms with van der Waals surface area (Å²) in [6.45, 7) is 4.09. The summed E-state index contributed by atoms with van der Waals surface area (Å²) in [6, 6.07) is 3.55. The quantitative estimate of drug-likeness (QED) is 0.679. The average Bonchev–Trinajstić information content (AvgIpc) is 2.00. The standard InChI is InChI=1S/C9H14N2O/c1-6(2)8-5-4-7(10)9(12)11(8)3/h4-6H,10H2,1-3H3. The molecule has 1 aromatic rings. The Morgan fingerprint density at radius 3 is 2.50 bits per heavy atom. The van der Waals surface area contributed by atoms with Crippen LogP contribution < -0.4 is 11.3 Å². The van der Waals surface area contributed by atoms with E-state index >= 15 is 0 Å². The first kappa shape index (κ1) is 8.84. The van der Waals surface area contributed by atoms with Crippen LogP contribution in [0.4, 0.5) is 5.69 Å². The zero-order valence-corrected chi connectivity index (χ0v) is 7.66. The molecule has 0 unspecified atom stereocenters. The lowest BCUT2D eigenvalue weighted by Crippen LogP contribution is -2.23. The van der Waals surface area contributed by atoms with E-state index in [-0.39, 0.29) is 5.56 Å². The van der Waals surface area contributed by atoms with Crippen LogP contribution in [0.3, 0.4) is 0 Å². The molecule has 0 amide bonds. The number of nitrogens with zero attached hydrogens (tertiary/aromatic N) is 1. The molecule has 0 aliphatic rings. The Bertz CT molecular complexity index is 339. The van der Waals surface area contributed by atoms with Gasteiger partial charge in [0.15, 0.2) is 0 Å². The molecule has 0 aliphatic carbocycles. The van der Waals surface area contributed by atoms with Gasteiger partial charge < -0.3 is 10.3 Å². The fraction of sp³-hybridized carbons (Fsp3) is 0.444. The molecule has 1 heterocycles. The van der Waals surface area contributed by atoms with E-state index < -0.39 is 0 Å². The summed E-state index contributed by atoms with van der Waals surface area (Å²) in [5.41, 5.74) is 6.66. The second-order valence-electron chi connectivity index (χ2n) is 3.23. The lowest BCUT2D eigenvalue weighted by atomic mass is 10.1. The second kappa shape index (κ2) is 3.01. The molecule has 0 aromatic carbocycles. The van der Waals surface area contributed by atoms with Crippen molar-refractivity contribution in [3.05, 3.63) is 28.2 Å². The van der Waals surface area contributed by atoms with E-state index in [9.17, 15) is 4.79 Å². The van der Waals surface area contributed by atoms with E-state index in [2.05, 4.69) is 0 Å². The summed E-state index contributed by atoms with van der Waals surface area (Å²) in [7, 11) is 1.74. The maximum atomic E-state index is 11.3. The predicted octanol–water partition coefficient (Wildman–Crippen LogP) is 1.09. The Labute approximate surface area is 71.8 Å². The third-order valence-electron chi connectivity index (χ3n) is 1.96. The molecule has 3 heteroatoms. The van der Waals surface area contributed by atoms with Crippen molar-refractivity contribution in [1.82, 2.24) is 4.57 Å². The van der Waals surface area contributed by atoms with Crippen LogP contribution in [0.1, 0.15) is 25.5 Å². The lowest BCUT2D eigenvalue weighted by Gasteiger charge is -2.11. The van der Waals surface area contributed by atoms with E-state index in [0.717, 1.165) is 5.69 Å². The van der Waals surface area contributed by atoms with E-state index in [1.54, 1.807) is 17.7 Å². The molecule has 0 aliphatic heterocycles. The first-order chi connectivity index (χ1) is 5.54. The van der Waals surface area contributed by atoms with Crippen molar-refractivity contribution in [2.45, 2.75) is 19.8 Å². The normalized spacial score (nSPS) is 10.7. The Morgan fingerprint density at radius 1 is 1.42 bits per heavy atom. The maximum absolute atomic E-state index is 11.3. The number of nitrogen functional groups attached to an aromatic ring is 1. The van der Waals surface area contributed by atoms with Gasteiger partial charge >= 0.3 is 0 Å². The molecule has 0 saturated carbocycles. The number of hydrogen-bond donors (Lipinski definition) is 1. The Kier molecular flexibility index (Phi) is 2.22. The largest absolute Gasteiger partial charge is 0.394 e.